The molecule has 0 spiro atoms. The Hall–Kier alpha value is -0.400. The van der Waals surface area contributed by atoms with E-state index < -0.39 is 0 Å². The summed E-state index contributed by atoms with van der Waals surface area (Å²) in [6.07, 6.45) is 0. The van der Waals surface area contributed by atoms with Crippen molar-refractivity contribution in [2.75, 3.05) is 102 Å². The van der Waals surface area contributed by atoms with Gasteiger partial charge in [0.2, 0.25) is 0 Å². The van der Waals surface area contributed by atoms with Crippen LogP contribution >= 0.6 is 0 Å². The van der Waals surface area contributed by atoms with Gasteiger partial charge in [-0.2, -0.15) is 0 Å². The average Bonchev–Trinajstić information content (AvgIpc) is 2.63. The average molecular weight is 371 g/mol. The first-order valence-electron chi connectivity index (χ1n) is 8.00. The van der Waals surface area contributed by atoms with Gasteiger partial charge in [0.15, 0.2) is 0 Å². The van der Waals surface area contributed by atoms with Crippen LogP contribution in [0.4, 0.5) is 0 Å². The van der Waals surface area contributed by atoms with Crippen LogP contribution in [0.3, 0.4) is 0 Å². The van der Waals surface area contributed by atoms with Crippen molar-refractivity contribution in [1.29, 1.82) is 0 Å². The molecule has 0 saturated heterocycles. The maximum absolute atomic E-state index is 5.38. The van der Waals surface area contributed by atoms with Crippen LogP contribution < -0.4 is 0 Å². The summed E-state index contributed by atoms with van der Waals surface area (Å²) in [5.74, 6) is 0. The van der Waals surface area contributed by atoms with E-state index in [0.717, 1.165) is 19.6 Å². The van der Waals surface area contributed by atoms with Crippen LogP contribution in [0.1, 0.15) is 0 Å². The second-order valence-corrected chi connectivity index (χ2v) is 4.75. The van der Waals surface area contributed by atoms with E-state index in [1.54, 1.807) is 21.3 Å². The van der Waals surface area contributed by atoms with E-state index in [2.05, 4.69) is 4.90 Å². The van der Waals surface area contributed by atoms with E-state index in [4.69, 9.17) is 42.6 Å². The Bertz CT molecular complexity index is 211. The summed E-state index contributed by atoms with van der Waals surface area (Å²) in [7, 11) is 4.69. The smallest absolute Gasteiger partial charge is 0.149 e. The highest BCUT2D eigenvalue weighted by Crippen LogP contribution is 1.92. The topological polar surface area (TPSA) is 86.3 Å². The van der Waals surface area contributed by atoms with Crippen LogP contribution in [0.15, 0.2) is 0 Å². The first kappa shape index (κ1) is 24.6. The second kappa shape index (κ2) is 21.6. The molecule has 0 fully saturated rings. The van der Waals surface area contributed by atoms with Gasteiger partial charge in [0.1, 0.15) is 40.8 Å². The Morgan fingerprint density at radius 2 is 0.760 bits per heavy atom. The van der Waals surface area contributed by atoms with Crippen molar-refractivity contribution < 1.29 is 42.6 Å². The zero-order valence-corrected chi connectivity index (χ0v) is 15.6. The molecule has 0 radical (unpaired) electrons. The van der Waals surface area contributed by atoms with E-state index in [-0.39, 0.29) is 40.8 Å². The first-order valence-corrected chi connectivity index (χ1v) is 8.00. The van der Waals surface area contributed by atoms with Crippen molar-refractivity contribution in [3.63, 3.8) is 0 Å². The predicted octanol–water partition coefficient (Wildman–Crippen LogP) is 0.0722. The molecule has 0 heterocycles. The van der Waals surface area contributed by atoms with Crippen LogP contribution in [0, 0.1) is 0 Å². The molecule has 0 aliphatic carbocycles. The maximum Gasteiger partial charge on any atom is 0.149 e. The molecule has 0 rings (SSSR count). The van der Waals surface area contributed by atoms with Crippen molar-refractivity contribution in [3.05, 3.63) is 0 Å². The molecule has 0 aromatic heterocycles. The Labute approximate surface area is 150 Å². The number of ether oxygens (including phenoxy) is 9. The van der Waals surface area contributed by atoms with Crippen LogP contribution in [0.2, 0.25) is 0 Å². The highest BCUT2D eigenvalue weighted by molar-refractivity contribution is 4.56. The Kier molecular flexibility index (Phi) is 21.3. The fourth-order valence-corrected chi connectivity index (χ4v) is 1.62. The zero-order chi connectivity index (χ0) is 18.4. The van der Waals surface area contributed by atoms with Gasteiger partial charge in [-0.25, -0.2) is 0 Å². The van der Waals surface area contributed by atoms with E-state index in [0.29, 0.717) is 19.8 Å². The minimum absolute atomic E-state index is 0.199. The lowest BCUT2D eigenvalue weighted by Gasteiger charge is -2.22. The van der Waals surface area contributed by atoms with Crippen molar-refractivity contribution in [2.45, 2.75) is 0 Å². The number of rotatable bonds is 21. The standard InChI is InChI=1S/C15H33NO9/c1-17-10-23-13-20-7-4-16(5-8-21-14-24-11-18-2)6-9-22-15-25-12-19-3/h4-15H2,1-3H3. The van der Waals surface area contributed by atoms with Gasteiger partial charge in [-0.15, -0.1) is 0 Å². The second-order valence-electron chi connectivity index (χ2n) is 4.75. The number of methoxy groups -OCH3 is 3. The molecule has 0 saturated carbocycles. The van der Waals surface area contributed by atoms with Crippen LogP contribution in [-0.4, -0.2) is 106 Å². The summed E-state index contributed by atoms with van der Waals surface area (Å²) in [6.45, 7) is 5.01. The van der Waals surface area contributed by atoms with E-state index in [1.165, 1.54) is 0 Å². The van der Waals surface area contributed by atoms with Crippen molar-refractivity contribution in [3.8, 4) is 0 Å². The molecule has 0 atom stereocenters. The SMILES string of the molecule is COCOCOCCN(CCOCOCOC)CCOCOCOC. The number of hydrogen-bond acceptors (Lipinski definition) is 10. The van der Waals surface area contributed by atoms with Gasteiger partial charge in [-0.05, 0) is 0 Å². The lowest BCUT2D eigenvalue weighted by molar-refractivity contribution is -0.131. The minimum Gasteiger partial charge on any atom is -0.359 e. The summed E-state index contributed by atoms with van der Waals surface area (Å²) in [5.41, 5.74) is 0. The largest absolute Gasteiger partial charge is 0.359 e. The highest BCUT2D eigenvalue weighted by atomic mass is 16.7. The molecule has 0 unspecified atom stereocenters. The number of hydrogen-bond donors (Lipinski definition) is 0. The predicted molar refractivity (Wildman–Crippen MR) is 87.8 cm³/mol. The summed E-state index contributed by atoms with van der Waals surface area (Å²) in [6, 6.07) is 0. The summed E-state index contributed by atoms with van der Waals surface area (Å²) < 4.78 is 45.6. The van der Waals surface area contributed by atoms with Crippen molar-refractivity contribution in [2.24, 2.45) is 0 Å². The zero-order valence-electron chi connectivity index (χ0n) is 15.6. The Morgan fingerprint density at radius 1 is 0.440 bits per heavy atom. The van der Waals surface area contributed by atoms with E-state index >= 15 is 0 Å². The van der Waals surface area contributed by atoms with Gasteiger partial charge < -0.3 is 42.6 Å². The molecule has 10 nitrogen and oxygen atoms in total. The fourth-order valence-electron chi connectivity index (χ4n) is 1.62. The summed E-state index contributed by atoms with van der Waals surface area (Å²) >= 11 is 0. The van der Waals surface area contributed by atoms with E-state index in [1.807, 2.05) is 0 Å². The molecule has 0 aliphatic rings. The van der Waals surface area contributed by atoms with Crippen LogP contribution in [-0.2, 0) is 42.6 Å². The molecule has 0 aliphatic heterocycles. The number of nitrogens with zero attached hydrogens (tertiary/aromatic N) is 1. The lowest BCUT2D eigenvalue weighted by Crippen LogP contribution is -2.34. The summed E-state index contributed by atoms with van der Waals surface area (Å²) in [4.78, 5) is 2.16. The Balaban J connectivity index is 3.76. The molecular formula is C15H33NO9. The quantitative estimate of drug-likeness (QED) is 0.204. The molecule has 0 amide bonds. The minimum atomic E-state index is 0.199. The van der Waals surface area contributed by atoms with Gasteiger partial charge in [0.05, 0.1) is 19.8 Å². The third-order valence-electron chi connectivity index (χ3n) is 2.76. The molecule has 0 N–H and O–H groups in total. The van der Waals surface area contributed by atoms with Gasteiger partial charge in [-0.1, -0.05) is 0 Å². The van der Waals surface area contributed by atoms with Gasteiger partial charge in [-0.3, -0.25) is 4.90 Å². The molecule has 10 heteroatoms. The normalized spacial score (nSPS) is 11.5. The van der Waals surface area contributed by atoms with Gasteiger partial charge in [0, 0.05) is 41.0 Å². The molecular weight excluding hydrogens is 338 g/mol. The molecule has 25 heavy (non-hydrogen) atoms. The lowest BCUT2D eigenvalue weighted by atomic mass is 10.4. The van der Waals surface area contributed by atoms with Crippen molar-refractivity contribution in [1.82, 2.24) is 4.90 Å². The third kappa shape index (κ3) is 19.8. The molecule has 0 aromatic carbocycles. The molecule has 152 valence electrons. The highest BCUT2D eigenvalue weighted by Gasteiger charge is 2.05. The first-order chi connectivity index (χ1) is 12.3. The maximum atomic E-state index is 5.38. The van der Waals surface area contributed by atoms with Crippen LogP contribution in [0.5, 0.6) is 0 Å². The van der Waals surface area contributed by atoms with Crippen molar-refractivity contribution >= 4 is 0 Å². The van der Waals surface area contributed by atoms with Gasteiger partial charge >= 0.3 is 0 Å². The molecule has 0 aromatic rings. The summed E-state index contributed by atoms with van der Waals surface area (Å²) in [5, 5.41) is 0. The van der Waals surface area contributed by atoms with Gasteiger partial charge in [0.25, 0.3) is 0 Å². The monoisotopic (exact) mass is 371 g/mol. The molecule has 0 bridgehead atoms. The third-order valence-corrected chi connectivity index (χ3v) is 2.76. The van der Waals surface area contributed by atoms with E-state index in [9.17, 15) is 0 Å². The fraction of sp³-hybridized carbons (Fsp3) is 1.00. The van der Waals surface area contributed by atoms with Crippen LogP contribution in [0.25, 0.3) is 0 Å². The Morgan fingerprint density at radius 3 is 1.04 bits per heavy atom.